The molecule has 4 nitrogen and oxygen atoms in total. The van der Waals surface area contributed by atoms with Gasteiger partial charge in [0.15, 0.2) is 16.6 Å². The summed E-state index contributed by atoms with van der Waals surface area (Å²) in [5.41, 5.74) is 0.428. The van der Waals surface area contributed by atoms with E-state index < -0.39 is 34.1 Å². The van der Waals surface area contributed by atoms with Crippen molar-refractivity contribution in [2.75, 3.05) is 6.61 Å². The standard InChI is InChI=1S/C30H62O4Si2/c1-22(2)18-17-19-23(3)26(31)24(4)27(32)30(11,12)25(34-36(15,16)29(8,9)10)20-21-33-35(13,14)28(5,6)7/h23-26,31H,1,17-21H2,2-16H3/t23-,24+,25-,26-/m0/s1. The maximum Gasteiger partial charge on any atom is 0.192 e. The molecular weight excluding hydrogens is 480 g/mol. The zero-order valence-corrected chi connectivity index (χ0v) is 28.7. The molecule has 0 aliphatic rings. The number of rotatable bonds is 15. The summed E-state index contributed by atoms with van der Waals surface area (Å²) in [5.74, 6) is -0.315. The first-order valence-electron chi connectivity index (χ1n) is 14.1. The van der Waals surface area contributed by atoms with Crippen LogP contribution in [0.5, 0.6) is 0 Å². The first-order chi connectivity index (χ1) is 15.9. The van der Waals surface area contributed by atoms with Gasteiger partial charge in [-0.2, -0.15) is 0 Å². The van der Waals surface area contributed by atoms with E-state index in [1.807, 2.05) is 27.7 Å². The second kappa shape index (κ2) is 13.2. The molecule has 4 atom stereocenters. The highest BCUT2D eigenvalue weighted by atomic mass is 28.4. The first-order valence-corrected chi connectivity index (χ1v) is 19.9. The summed E-state index contributed by atoms with van der Waals surface area (Å²) in [4.78, 5) is 13.9. The van der Waals surface area contributed by atoms with Crippen molar-refractivity contribution >= 4 is 22.4 Å². The van der Waals surface area contributed by atoms with E-state index in [1.54, 1.807) is 0 Å². The summed E-state index contributed by atoms with van der Waals surface area (Å²) in [5, 5.41) is 11.3. The number of allylic oxidation sites excluding steroid dienone is 1. The molecule has 214 valence electrons. The number of carbonyl (C=O) groups is 1. The molecule has 1 N–H and O–H groups in total. The van der Waals surface area contributed by atoms with Gasteiger partial charge < -0.3 is 14.0 Å². The molecule has 0 saturated carbocycles. The summed E-state index contributed by atoms with van der Waals surface area (Å²) in [6.07, 6.45) is 2.58. The Kier molecular flexibility index (Phi) is 13.1. The van der Waals surface area contributed by atoms with Crippen molar-refractivity contribution < 1.29 is 18.8 Å². The fraction of sp³-hybridized carbons (Fsp3) is 0.900. The zero-order chi connectivity index (χ0) is 28.9. The van der Waals surface area contributed by atoms with Crippen molar-refractivity contribution in [3.8, 4) is 0 Å². The van der Waals surface area contributed by atoms with Crippen LogP contribution in [0.2, 0.25) is 36.3 Å². The van der Waals surface area contributed by atoms with Crippen LogP contribution in [0, 0.1) is 17.3 Å². The van der Waals surface area contributed by atoms with Crippen LogP contribution in [0.25, 0.3) is 0 Å². The lowest BCUT2D eigenvalue weighted by Gasteiger charge is -2.45. The second-order valence-corrected chi connectivity index (χ2v) is 24.5. The molecule has 0 aromatic heterocycles. The molecule has 36 heavy (non-hydrogen) atoms. The Hall–Kier alpha value is -0.276. The summed E-state index contributed by atoms with van der Waals surface area (Å²) in [6, 6.07) is 0. The van der Waals surface area contributed by atoms with Crippen LogP contribution in [-0.4, -0.2) is 46.3 Å². The van der Waals surface area contributed by atoms with Crippen LogP contribution in [0.15, 0.2) is 12.2 Å². The average molecular weight is 543 g/mol. The van der Waals surface area contributed by atoms with Crippen molar-refractivity contribution in [1.82, 2.24) is 0 Å². The summed E-state index contributed by atoms with van der Waals surface area (Å²) in [7, 11) is -4.04. The van der Waals surface area contributed by atoms with Crippen molar-refractivity contribution in [3.05, 3.63) is 12.2 Å². The monoisotopic (exact) mass is 542 g/mol. The lowest BCUT2D eigenvalue weighted by atomic mass is 9.73. The lowest BCUT2D eigenvalue weighted by molar-refractivity contribution is -0.141. The fourth-order valence-electron chi connectivity index (χ4n) is 4.03. The molecule has 0 aliphatic heterocycles. The predicted octanol–water partition coefficient (Wildman–Crippen LogP) is 8.76. The van der Waals surface area contributed by atoms with Crippen molar-refractivity contribution in [1.29, 1.82) is 0 Å². The van der Waals surface area contributed by atoms with Crippen molar-refractivity contribution in [2.45, 2.75) is 150 Å². The van der Waals surface area contributed by atoms with Crippen LogP contribution < -0.4 is 0 Å². The Morgan fingerprint density at radius 1 is 0.889 bits per heavy atom. The molecule has 0 aromatic rings. The van der Waals surface area contributed by atoms with E-state index in [4.69, 9.17) is 8.85 Å². The van der Waals surface area contributed by atoms with E-state index in [1.165, 1.54) is 0 Å². The van der Waals surface area contributed by atoms with Gasteiger partial charge in [-0.05, 0) is 74.8 Å². The van der Waals surface area contributed by atoms with Gasteiger partial charge in [0.05, 0.1) is 12.2 Å². The topological polar surface area (TPSA) is 55.8 Å². The number of Topliss-reactive ketones (excluding diaryl/α,β-unsaturated/α-hetero) is 1. The van der Waals surface area contributed by atoms with E-state index in [0.717, 1.165) is 24.8 Å². The Balaban J connectivity index is 5.80. The van der Waals surface area contributed by atoms with Gasteiger partial charge in [0.2, 0.25) is 0 Å². The maximum atomic E-state index is 13.9. The van der Waals surface area contributed by atoms with E-state index in [2.05, 4.69) is 81.2 Å². The normalized spacial score (nSPS) is 17.4. The highest BCUT2D eigenvalue weighted by Gasteiger charge is 2.47. The highest BCUT2D eigenvalue weighted by molar-refractivity contribution is 6.74. The van der Waals surface area contributed by atoms with Gasteiger partial charge in [0.1, 0.15) is 5.78 Å². The fourth-order valence-corrected chi connectivity index (χ4v) is 6.57. The molecule has 0 rings (SSSR count). The average Bonchev–Trinajstić information content (AvgIpc) is 2.68. The molecule has 0 fully saturated rings. The van der Waals surface area contributed by atoms with Gasteiger partial charge >= 0.3 is 0 Å². The Morgan fingerprint density at radius 2 is 1.36 bits per heavy atom. The van der Waals surface area contributed by atoms with Crippen LogP contribution in [0.4, 0.5) is 0 Å². The minimum absolute atomic E-state index is 0.0353. The molecule has 0 aliphatic carbocycles. The Bertz CT molecular complexity index is 713. The smallest absolute Gasteiger partial charge is 0.192 e. The third-order valence-corrected chi connectivity index (χ3v) is 18.1. The van der Waals surface area contributed by atoms with Gasteiger partial charge in [-0.3, -0.25) is 4.79 Å². The number of hydrogen-bond acceptors (Lipinski definition) is 4. The van der Waals surface area contributed by atoms with Crippen LogP contribution >= 0.6 is 0 Å². The van der Waals surface area contributed by atoms with Crippen LogP contribution in [0.1, 0.15) is 102 Å². The van der Waals surface area contributed by atoms with Crippen molar-refractivity contribution in [2.24, 2.45) is 17.3 Å². The maximum absolute atomic E-state index is 13.9. The van der Waals surface area contributed by atoms with Gasteiger partial charge in [0, 0.05) is 17.9 Å². The third-order valence-electron chi connectivity index (χ3n) is 9.10. The third kappa shape index (κ3) is 10.1. The summed E-state index contributed by atoms with van der Waals surface area (Å²) in [6.45, 7) is 37.0. The van der Waals surface area contributed by atoms with Crippen molar-refractivity contribution in [3.63, 3.8) is 0 Å². The lowest BCUT2D eigenvalue weighted by Crippen LogP contribution is -2.52. The molecule has 0 radical (unpaired) electrons. The summed E-state index contributed by atoms with van der Waals surface area (Å²) >= 11 is 0. The highest BCUT2D eigenvalue weighted by Crippen LogP contribution is 2.42. The van der Waals surface area contributed by atoms with Crippen LogP contribution in [0.3, 0.4) is 0 Å². The van der Waals surface area contributed by atoms with Crippen LogP contribution in [-0.2, 0) is 13.6 Å². The largest absolute Gasteiger partial charge is 0.417 e. The molecule has 0 aromatic carbocycles. The van der Waals surface area contributed by atoms with E-state index in [0.29, 0.717) is 13.0 Å². The van der Waals surface area contributed by atoms with Gasteiger partial charge in [-0.25, -0.2) is 0 Å². The molecule has 6 heteroatoms. The molecule has 0 unspecified atom stereocenters. The molecule has 0 saturated heterocycles. The number of hydrogen-bond donors (Lipinski definition) is 1. The molecule has 0 heterocycles. The van der Waals surface area contributed by atoms with Gasteiger partial charge in [0.25, 0.3) is 0 Å². The predicted molar refractivity (Wildman–Crippen MR) is 162 cm³/mol. The Morgan fingerprint density at radius 3 is 1.78 bits per heavy atom. The molecular formula is C30H62O4Si2. The van der Waals surface area contributed by atoms with E-state index >= 15 is 0 Å². The number of aliphatic hydroxyl groups excluding tert-OH is 1. The molecule has 0 amide bonds. The van der Waals surface area contributed by atoms with Gasteiger partial charge in [-0.15, -0.1) is 6.58 Å². The van der Waals surface area contributed by atoms with E-state index in [-0.39, 0.29) is 27.9 Å². The van der Waals surface area contributed by atoms with E-state index in [9.17, 15) is 9.90 Å². The summed E-state index contributed by atoms with van der Waals surface area (Å²) < 4.78 is 13.4. The number of aliphatic hydroxyl groups is 1. The number of carbonyl (C=O) groups excluding carboxylic acids is 1. The zero-order valence-electron chi connectivity index (χ0n) is 26.7. The quantitative estimate of drug-likeness (QED) is 0.166. The molecule has 0 spiro atoms. The minimum atomic E-state index is -2.14. The minimum Gasteiger partial charge on any atom is -0.417 e. The SMILES string of the molecule is C=C(C)CCC[C@H](C)[C@H](O)[C@@H](C)C(=O)C(C)(C)[C@H](CCO[Si](C)(C)C(C)(C)C)O[Si](C)(C)C(C)(C)C. The Labute approximate surface area is 227 Å². The number of ketones is 1. The molecule has 0 bridgehead atoms. The first kappa shape index (κ1) is 35.7. The van der Waals surface area contributed by atoms with Gasteiger partial charge in [-0.1, -0.05) is 74.8 Å². The second-order valence-electron chi connectivity index (χ2n) is 15.0.